The van der Waals surface area contributed by atoms with Crippen molar-refractivity contribution >= 4 is 77.0 Å². The van der Waals surface area contributed by atoms with Crippen molar-refractivity contribution < 1.29 is 49.4 Å². The minimum Gasteiger partial charge on any atom is -0.458 e. The Kier molecular flexibility index (Phi) is 10.7. The molecule has 0 unspecified atom stereocenters. The summed E-state index contributed by atoms with van der Waals surface area (Å²) < 4.78 is 14.0. The summed E-state index contributed by atoms with van der Waals surface area (Å²) in [6.45, 7) is 2.73. The maximum atomic E-state index is 13.3. The second-order valence-corrected chi connectivity index (χ2v) is 16.4. The van der Waals surface area contributed by atoms with Crippen LogP contribution in [0.5, 0.6) is 0 Å². The lowest BCUT2D eigenvalue weighted by molar-refractivity contribution is -0.742. The van der Waals surface area contributed by atoms with Gasteiger partial charge in [0.25, 0.3) is 21.9 Å². The maximum Gasteiger partial charge on any atom is 0.343 e. The van der Waals surface area contributed by atoms with E-state index in [1.54, 1.807) is 17.6 Å². The number of nitro benzene ring substituents is 1. The summed E-state index contributed by atoms with van der Waals surface area (Å²) in [5.41, 5.74) is -2.41. The molecular weight excluding hydrogens is 978 g/mol. The van der Waals surface area contributed by atoms with Crippen LogP contribution in [0.4, 0.5) is 11.4 Å². The molecule has 4 aliphatic rings. The van der Waals surface area contributed by atoms with Crippen LogP contribution in [0.15, 0.2) is 67.1 Å². The monoisotopic (exact) mass is 1010 g/mol. The fraction of sp³-hybridized carbons (Fsp3) is 0.250. The van der Waals surface area contributed by atoms with E-state index in [0.717, 1.165) is 25.5 Å². The normalized spacial score (nSPS) is 18.4. The predicted octanol–water partition coefficient (Wildman–Crippen LogP) is 5.15. The second kappa shape index (κ2) is 15.7. The van der Waals surface area contributed by atoms with Gasteiger partial charge in [0.05, 0.1) is 67.4 Å². The number of aromatic nitrogens is 4. The molecule has 0 aliphatic carbocycles. The smallest absolute Gasteiger partial charge is 0.343 e. The zero-order valence-electron chi connectivity index (χ0n) is 33.0. The molecule has 2 aromatic carbocycles. The fourth-order valence-electron chi connectivity index (χ4n) is 8.51. The van der Waals surface area contributed by atoms with E-state index in [2.05, 4.69) is 36.8 Å². The molecule has 4 aliphatic heterocycles. The van der Waals surface area contributed by atoms with E-state index in [-0.39, 0.29) is 69.6 Å². The van der Waals surface area contributed by atoms with Crippen molar-refractivity contribution in [3.05, 3.63) is 142 Å². The average molecular weight is 1010 g/mol. The van der Waals surface area contributed by atoms with E-state index in [1.165, 1.54) is 25.1 Å². The molecule has 0 spiro atoms. The summed E-state index contributed by atoms with van der Waals surface area (Å²) >= 11 is 7.03. The van der Waals surface area contributed by atoms with Gasteiger partial charge in [-0.1, -0.05) is 38.1 Å². The van der Waals surface area contributed by atoms with E-state index >= 15 is 0 Å². The number of nitro groups is 2. The molecule has 0 fully saturated rings. The van der Waals surface area contributed by atoms with E-state index < -0.39 is 61.5 Å². The van der Waals surface area contributed by atoms with Gasteiger partial charge in [0.2, 0.25) is 0 Å². The van der Waals surface area contributed by atoms with Gasteiger partial charge in [0.1, 0.15) is 24.6 Å². The lowest BCUT2D eigenvalue weighted by atomic mass is 9.84. The Morgan fingerprint density at radius 1 is 0.734 bits per heavy atom. The van der Waals surface area contributed by atoms with Gasteiger partial charge < -0.3 is 29.5 Å². The van der Waals surface area contributed by atoms with Crippen LogP contribution in [-0.4, -0.2) is 61.4 Å². The van der Waals surface area contributed by atoms with Gasteiger partial charge >= 0.3 is 17.6 Å². The zero-order chi connectivity index (χ0) is 46.3. The van der Waals surface area contributed by atoms with Crippen molar-refractivity contribution in [2.45, 2.75) is 64.2 Å². The molecule has 3 N–H and O–H groups in total. The molecule has 22 nitrogen and oxygen atoms in total. The van der Waals surface area contributed by atoms with Gasteiger partial charge in [-0.3, -0.25) is 34.4 Å². The SMILES string of the molecule is CC[C@@]1(O)C(=O)OCc2c1c([N+](=O)[O-])c1n(c2=O)Cc2c-1nc1cccc([N+](=O)[O-])c1c2Br.CC[C@@]1(O)C(=O)OCc2c1cc1n(c2=O)Cc2c-1nc1ccccc1c2Br.O=[N+]([O-])O. The molecule has 8 heterocycles. The van der Waals surface area contributed by atoms with E-state index in [9.17, 15) is 49.6 Å². The first kappa shape index (κ1) is 43.6. The number of pyridine rings is 4. The van der Waals surface area contributed by atoms with Crippen LogP contribution in [0.2, 0.25) is 0 Å². The Morgan fingerprint density at radius 2 is 1.30 bits per heavy atom. The molecule has 4 aromatic heterocycles. The summed E-state index contributed by atoms with van der Waals surface area (Å²) in [5, 5.41) is 60.5. The Bertz CT molecular complexity index is 3260. The molecule has 0 radical (unpaired) electrons. The highest BCUT2D eigenvalue weighted by Gasteiger charge is 2.52. The Balaban J connectivity index is 0.000000164. The third-order valence-corrected chi connectivity index (χ3v) is 13.4. The van der Waals surface area contributed by atoms with E-state index in [1.807, 2.05) is 24.3 Å². The first-order chi connectivity index (χ1) is 30.3. The number of fused-ring (bicyclic) bond motifs is 10. The number of cyclic esters (lactones) is 2. The molecule has 2 atom stereocenters. The number of nitrogens with zero attached hydrogens (tertiary/aromatic N) is 7. The van der Waals surface area contributed by atoms with Crippen LogP contribution in [0.25, 0.3) is 44.6 Å². The molecule has 0 saturated carbocycles. The number of non-ortho nitro benzene ring substituents is 1. The lowest BCUT2D eigenvalue weighted by Gasteiger charge is -2.31. The first-order valence-corrected chi connectivity index (χ1v) is 20.6. The number of hydrogen-bond donors (Lipinski definition) is 3. The van der Waals surface area contributed by atoms with Gasteiger partial charge in [-0.05, 0) is 62.9 Å². The van der Waals surface area contributed by atoms with E-state index in [0.29, 0.717) is 34.6 Å². The van der Waals surface area contributed by atoms with Crippen molar-refractivity contribution in [2.75, 3.05) is 0 Å². The van der Waals surface area contributed by atoms with Crippen LogP contribution in [-0.2, 0) is 56.6 Å². The third-order valence-electron chi connectivity index (χ3n) is 11.6. The molecule has 0 bridgehead atoms. The second-order valence-electron chi connectivity index (χ2n) is 14.8. The number of carbonyl (C=O) groups is 2. The van der Waals surface area contributed by atoms with Crippen LogP contribution >= 0.6 is 31.9 Å². The number of para-hydroxylation sites is 1. The number of hydrogen-bond acceptors (Lipinski definition) is 16. The van der Waals surface area contributed by atoms with Gasteiger partial charge in [-0.25, -0.2) is 19.6 Å². The molecule has 64 heavy (non-hydrogen) atoms. The Labute approximate surface area is 373 Å². The molecule has 6 aromatic rings. The first-order valence-electron chi connectivity index (χ1n) is 19.0. The van der Waals surface area contributed by atoms with Crippen molar-refractivity contribution in [3.8, 4) is 22.8 Å². The van der Waals surface area contributed by atoms with Gasteiger partial charge in [-0.15, -0.1) is 10.1 Å². The van der Waals surface area contributed by atoms with Crippen LogP contribution < -0.4 is 11.1 Å². The van der Waals surface area contributed by atoms with Gasteiger partial charge in [0, 0.05) is 37.1 Å². The largest absolute Gasteiger partial charge is 0.458 e. The number of benzene rings is 2. The number of ether oxygens (including phenoxy) is 2. The van der Waals surface area contributed by atoms with Crippen molar-refractivity contribution in [1.82, 2.24) is 19.1 Å². The number of esters is 2. The fourth-order valence-corrected chi connectivity index (χ4v) is 9.87. The number of halogens is 2. The van der Waals surface area contributed by atoms with Crippen LogP contribution in [0, 0.1) is 30.3 Å². The summed E-state index contributed by atoms with van der Waals surface area (Å²) in [5.74, 6) is -1.79. The summed E-state index contributed by atoms with van der Waals surface area (Å²) in [6.07, 6.45) is -0.125. The topological polar surface area (TPSA) is 312 Å². The van der Waals surface area contributed by atoms with E-state index in [4.69, 9.17) is 29.8 Å². The van der Waals surface area contributed by atoms with Crippen molar-refractivity contribution in [2.24, 2.45) is 0 Å². The predicted molar refractivity (Wildman–Crippen MR) is 227 cm³/mol. The Hall–Kier alpha value is -7.02. The molecular formula is C40H29Br2N7O15. The molecule has 0 amide bonds. The highest BCUT2D eigenvalue weighted by atomic mass is 79.9. The minimum atomic E-state index is -2.37. The highest BCUT2D eigenvalue weighted by Crippen LogP contribution is 2.49. The average Bonchev–Trinajstić information content (AvgIpc) is 3.83. The van der Waals surface area contributed by atoms with Crippen molar-refractivity contribution in [3.63, 3.8) is 0 Å². The molecule has 24 heteroatoms. The minimum absolute atomic E-state index is 0.0684. The number of aliphatic hydroxyl groups is 2. The lowest BCUT2D eigenvalue weighted by Crippen LogP contribution is -2.45. The third kappa shape index (κ3) is 6.42. The Morgan fingerprint density at radius 3 is 1.94 bits per heavy atom. The van der Waals surface area contributed by atoms with Crippen LogP contribution in [0.3, 0.4) is 0 Å². The van der Waals surface area contributed by atoms with Gasteiger partial charge in [-0.2, -0.15) is 0 Å². The highest BCUT2D eigenvalue weighted by molar-refractivity contribution is 9.11. The zero-order valence-corrected chi connectivity index (χ0v) is 36.2. The molecule has 328 valence electrons. The van der Waals surface area contributed by atoms with Crippen molar-refractivity contribution in [1.29, 1.82) is 0 Å². The van der Waals surface area contributed by atoms with Crippen LogP contribution in [0.1, 0.15) is 60.1 Å². The quantitative estimate of drug-likeness (QED) is 0.117. The standard InChI is InChI=1S/C20H13BrN4O8.C20H15BrN2O4.HNO3/c1-2-20(28)13-9(7-33-19(20)27)18(26)23-6-8-14(21)12-10(4-3-5-11(12)24(29)30)22-15(8)17(23)16(13)25(31)32;1-2-20(26)13-7-15-17-11(16(21)10-5-3-4-6-14(10)22-17)8-23(15)18(24)12(13)9-27-19(20)25;2-1(3)4/h3-5,28H,2,6-7H2,1H3;3-7,26H,2,8-9H2,1H3;(H,2,3,4)/t2*20-;/m00./s1. The summed E-state index contributed by atoms with van der Waals surface area (Å²) in [6, 6.07) is 13.7. The number of carbonyl (C=O) groups excluding carboxylic acids is 2. The summed E-state index contributed by atoms with van der Waals surface area (Å²) in [4.78, 5) is 91.0. The summed E-state index contributed by atoms with van der Waals surface area (Å²) in [7, 11) is 0. The maximum absolute atomic E-state index is 13.3. The van der Waals surface area contributed by atoms with Gasteiger partial charge in [0.15, 0.2) is 11.2 Å². The number of rotatable bonds is 4. The molecule has 10 rings (SSSR count). The molecule has 0 saturated heterocycles.